The van der Waals surface area contributed by atoms with E-state index in [-0.39, 0.29) is 5.54 Å². The summed E-state index contributed by atoms with van der Waals surface area (Å²) >= 11 is 12.5. The largest absolute Gasteiger partial charge is 0.364 e. The van der Waals surface area contributed by atoms with Crippen LogP contribution in [0.3, 0.4) is 0 Å². The standard InChI is InChI=1S/C17H24Cl2N2/c1-11(2)16-9-20-17(3,12-4-5-12)10-21(16)15-7-6-13(18)8-14(15)19/h6-8,11-12,16,20H,4-5,9-10H2,1-3H3. The molecule has 2 unspecified atom stereocenters. The first-order valence-electron chi connectivity index (χ1n) is 7.87. The number of rotatable bonds is 3. The molecule has 1 aliphatic heterocycles. The second kappa shape index (κ2) is 5.64. The van der Waals surface area contributed by atoms with Gasteiger partial charge in [0.15, 0.2) is 0 Å². The Kier molecular flexibility index (Phi) is 4.15. The van der Waals surface area contributed by atoms with Gasteiger partial charge >= 0.3 is 0 Å². The van der Waals surface area contributed by atoms with Gasteiger partial charge in [-0.1, -0.05) is 37.0 Å². The number of nitrogens with zero attached hydrogens (tertiary/aromatic N) is 1. The maximum absolute atomic E-state index is 6.47. The molecular formula is C17H24Cl2N2. The van der Waals surface area contributed by atoms with E-state index in [4.69, 9.17) is 23.2 Å². The van der Waals surface area contributed by atoms with Crippen LogP contribution in [0.2, 0.25) is 10.0 Å². The molecule has 116 valence electrons. The fraction of sp³-hybridized carbons (Fsp3) is 0.647. The molecular weight excluding hydrogens is 303 g/mol. The molecule has 1 aromatic rings. The van der Waals surface area contributed by atoms with Crippen LogP contribution in [0, 0.1) is 11.8 Å². The summed E-state index contributed by atoms with van der Waals surface area (Å²) in [6.07, 6.45) is 2.69. The first-order chi connectivity index (χ1) is 9.90. The molecule has 2 fully saturated rings. The molecule has 1 aliphatic carbocycles. The molecule has 4 heteroatoms. The van der Waals surface area contributed by atoms with E-state index in [2.05, 4.69) is 37.1 Å². The van der Waals surface area contributed by atoms with Gasteiger partial charge in [-0.2, -0.15) is 0 Å². The summed E-state index contributed by atoms with van der Waals surface area (Å²) < 4.78 is 0. The number of benzene rings is 1. The zero-order chi connectivity index (χ0) is 15.2. The highest BCUT2D eigenvalue weighted by molar-refractivity contribution is 6.36. The van der Waals surface area contributed by atoms with Crippen molar-refractivity contribution in [2.45, 2.75) is 45.2 Å². The fourth-order valence-electron chi connectivity index (χ4n) is 3.54. The molecule has 1 saturated heterocycles. The maximum atomic E-state index is 6.47. The summed E-state index contributed by atoms with van der Waals surface area (Å²) in [6.45, 7) is 8.95. The van der Waals surface area contributed by atoms with Gasteiger partial charge in [-0.3, -0.25) is 0 Å². The highest BCUT2D eigenvalue weighted by atomic mass is 35.5. The highest BCUT2D eigenvalue weighted by Gasteiger charge is 2.46. The molecule has 0 bridgehead atoms. The van der Waals surface area contributed by atoms with Gasteiger partial charge in [0.1, 0.15) is 0 Å². The zero-order valence-electron chi connectivity index (χ0n) is 13.0. The molecule has 1 aromatic carbocycles. The third kappa shape index (κ3) is 3.04. The monoisotopic (exact) mass is 326 g/mol. The van der Waals surface area contributed by atoms with Gasteiger partial charge in [-0.05, 0) is 49.8 Å². The minimum Gasteiger partial charge on any atom is -0.364 e. The van der Waals surface area contributed by atoms with Crippen molar-refractivity contribution in [2.24, 2.45) is 11.8 Å². The van der Waals surface area contributed by atoms with Crippen molar-refractivity contribution >= 4 is 28.9 Å². The molecule has 0 radical (unpaired) electrons. The van der Waals surface area contributed by atoms with Crippen LogP contribution in [-0.4, -0.2) is 24.7 Å². The lowest BCUT2D eigenvalue weighted by molar-refractivity contribution is 0.233. The van der Waals surface area contributed by atoms with E-state index in [1.807, 2.05) is 12.1 Å². The Balaban J connectivity index is 1.93. The number of hydrogen-bond acceptors (Lipinski definition) is 2. The van der Waals surface area contributed by atoms with Crippen LogP contribution < -0.4 is 10.2 Å². The molecule has 3 rings (SSSR count). The third-order valence-electron chi connectivity index (χ3n) is 5.08. The summed E-state index contributed by atoms with van der Waals surface area (Å²) in [4.78, 5) is 2.50. The molecule has 1 N–H and O–H groups in total. The van der Waals surface area contributed by atoms with E-state index in [0.717, 1.165) is 29.7 Å². The number of halogens is 2. The van der Waals surface area contributed by atoms with Gasteiger partial charge in [0.05, 0.1) is 10.7 Å². The SMILES string of the molecule is CC(C)C1CNC(C)(C2CC2)CN1c1ccc(Cl)cc1Cl. The first kappa shape index (κ1) is 15.5. The lowest BCUT2D eigenvalue weighted by Crippen LogP contribution is -2.65. The summed E-state index contributed by atoms with van der Waals surface area (Å²) in [5.41, 5.74) is 1.32. The first-order valence-corrected chi connectivity index (χ1v) is 8.63. The molecule has 2 atom stereocenters. The molecule has 0 amide bonds. The van der Waals surface area contributed by atoms with E-state index >= 15 is 0 Å². The maximum Gasteiger partial charge on any atom is 0.0654 e. The molecule has 2 nitrogen and oxygen atoms in total. The summed E-state index contributed by atoms with van der Waals surface area (Å²) in [5.74, 6) is 1.38. The van der Waals surface area contributed by atoms with Gasteiger partial charge in [-0.15, -0.1) is 0 Å². The van der Waals surface area contributed by atoms with Crippen LogP contribution in [0.5, 0.6) is 0 Å². The van der Waals surface area contributed by atoms with Crippen LogP contribution >= 0.6 is 23.2 Å². The summed E-state index contributed by atoms with van der Waals surface area (Å²) in [7, 11) is 0. The van der Waals surface area contributed by atoms with Crippen LogP contribution in [-0.2, 0) is 0 Å². The van der Waals surface area contributed by atoms with Gasteiger partial charge < -0.3 is 10.2 Å². The number of piperazine rings is 1. The van der Waals surface area contributed by atoms with Crippen molar-refractivity contribution < 1.29 is 0 Å². The Hall–Kier alpha value is -0.440. The summed E-state index contributed by atoms with van der Waals surface area (Å²) in [6, 6.07) is 6.33. The fourth-order valence-corrected chi connectivity index (χ4v) is 4.06. The van der Waals surface area contributed by atoms with Crippen molar-refractivity contribution in [3.05, 3.63) is 28.2 Å². The minimum absolute atomic E-state index is 0.203. The average Bonchev–Trinajstić information content (AvgIpc) is 3.22. The van der Waals surface area contributed by atoms with Gasteiger partial charge in [0, 0.05) is 29.7 Å². The van der Waals surface area contributed by atoms with E-state index in [1.165, 1.54) is 12.8 Å². The molecule has 1 heterocycles. The van der Waals surface area contributed by atoms with Gasteiger partial charge in [0.25, 0.3) is 0 Å². The Morgan fingerprint density at radius 2 is 2.00 bits per heavy atom. The van der Waals surface area contributed by atoms with Crippen molar-refractivity contribution in [2.75, 3.05) is 18.0 Å². The molecule has 21 heavy (non-hydrogen) atoms. The van der Waals surface area contributed by atoms with Crippen LogP contribution in [0.4, 0.5) is 5.69 Å². The Morgan fingerprint density at radius 3 is 2.57 bits per heavy atom. The topological polar surface area (TPSA) is 15.3 Å². The lowest BCUT2D eigenvalue weighted by atomic mass is 9.87. The quantitative estimate of drug-likeness (QED) is 0.873. The molecule has 1 saturated carbocycles. The predicted octanol–water partition coefficient (Wildman–Crippen LogP) is 4.60. The van der Waals surface area contributed by atoms with Crippen LogP contribution in [0.25, 0.3) is 0 Å². The lowest BCUT2D eigenvalue weighted by Gasteiger charge is -2.49. The molecule has 0 aromatic heterocycles. The number of hydrogen-bond donors (Lipinski definition) is 1. The minimum atomic E-state index is 0.203. The van der Waals surface area contributed by atoms with Crippen LogP contribution in [0.1, 0.15) is 33.6 Å². The van der Waals surface area contributed by atoms with Crippen molar-refractivity contribution in [3.63, 3.8) is 0 Å². The van der Waals surface area contributed by atoms with E-state index in [9.17, 15) is 0 Å². The Morgan fingerprint density at radius 1 is 1.29 bits per heavy atom. The molecule has 0 spiro atoms. The van der Waals surface area contributed by atoms with Crippen molar-refractivity contribution in [3.8, 4) is 0 Å². The molecule has 2 aliphatic rings. The zero-order valence-corrected chi connectivity index (χ0v) is 14.5. The van der Waals surface area contributed by atoms with E-state index in [0.29, 0.717) is 17.0 Å². The third-order valence-corrected chi connectivity index (χ3v) is 5.62. The number of anilines is 1. The van der Waals surface area contributed by atoms with E-state index in [1.54, 1.807) is 0 Å². The van der Waals surface area contributed by atoms with Crippen molar-refractivity contribution in [1.82, 2.24) is 5.32 Å². The Bertz CT molecular complexity index is 528. The van der Waals surface area contributed by atoms with Crippen LogP contribution in [0.15, 0.2) is 18.2 Å². The Labute approximate surface area is 137 Å². The second-order valence-corrected chi connectivity index (χ2v) is 7.95. The number of nitrogens with one attached hydrogen (secondary N) is 1. The highest BCUT2D eigenvalue weighted by Crippen LogP contribution is 2.43. The summed E-state index contributed by atoms with van der Waals surface area (Å²) in [5, 5.41) is 5.27. The van der Waals surface area contributed by atoms with Crippen molar-refractivity contribution in [1.29, 1.82) is 0 Å². The predicted molar refractivity (Wildman–Crippen MR) is 91.6 cm³/mol. The average molecular weight is 327 g/mol. The normalized spacial score (nSPS) is 30.0. The van der Waals surface area contributed by atoms with Gasteiger partial charge in [0.2, 0.25) is 0 Å². The second-order valence-electron chi connectivity index (χ2n) is 7.11. The van der Waals surface area contributed by atoms with Gasteiger partial charge in [-0.25, -0.2) is 0 Å². The van der Waals surface area contributed by atoms with E-state index < -0.39 is 0 Å². The smallest absolute Gasteiger partial charge is 0.0654 e.